The Hall–Kier alpha value is -3.02. The largest absolute Gasteiger partial charge is 0.465 e. The summed E-state index contributed by atoms with van der Waals surface area (Å²) in [6.45, 7) is 4.66. The minimum Gasteiger partial charge on any atom is -0.465 e. The predicted octanol–water partition coefficient (Wildman–Crippen LogP) is 5.53. The number of unbranched alkanes of at least 4 members (excludes halogenated alkanes) is 3. The van der Waals surface area contributed by atoms with Crippen LogP contribution in [0.4, 0.5) is 21.0 Å². The fraction of sp³-hybridized carbons (Fsp3) is 0.364. The Morgan fingerprint density at radius 2 is 1.04 bits per heavy atom. The normalized spacial score (nSPS) is 10.5. The van der Waals surface area contributed by atoms with Crippen LogP contribution < -0.4 is 9.80 Å². The SMILES string of the molecule is Cc1ccccc1N(CCCCCCN(C(=O)O)c1ccccc1C)C(=O)O. The molecule has 0 atom stereocenters. The number of amides is 2. The van der Waals surface area contributed by atoms with Crippen LogP contribution in [0.3, 0.4) is 0 Å². The summed E-state index contributed by atoms with van der Waals surface area (Å²) >= 11 is 0. The van der Waals surface area contributed by atoms with Crippen molar-refractivity contribution in [2.24, 2.45) is 0 Å². The van der Waals surface area contributed by atoms with E-state index in [4.69, 9.17) is 0 Å². The third-order valence-electron chi connectivity index (χ3n) is 4.79. The molecule has 150 valence electrons. The Bertz CT molecular complexity index is 739. The molecular formula is C22H28N2O4. The molecule has 2 amide bonds. The molecule has 0 spiro atoms. The zero-order valence-corrected chi connectivity index (χ0v) is 16.5. The minimum atomic E-state index is -0.953. The molecule has 0 aromatic heterocycles. The summed E-state index contributed by atoms with van der Waals surface area (Å²) in [6.07, 6.45) is 1.25. The summed E-state index contributed by atoms with van der Waals surface area (Å²) in [5, 5.41) is 19.0. The van der Waals surface area contributed by atoms with E-state index in [2.05, 4.69) is 0 Å². The molecule has 0 aliphatic rings. The third-order valence-corrected chi connectivity index (χ3v) is 4.79. The zero-order valence-electron chi connectivity index (χ0n) is 16.5. The molecule has 0 fully saturated rings. The molecule has 0 aliphatic carbocycles. The number of benzene rings is 2. The lowest BCUT2D eigenvalue weighted by Crippen LogP contribution is -2.31. The zero-order chi connectivity index (χ0) is 20.5. The molecule has 0 radical (unpaired) electrons. The Balaban J connectivity index is 1.81. The first kappa shape index (κ1) is 21.3. The van der Waals surface area contributed by atoms with Gasteiger partial charge in [-0.2, -0.15) is 0 Å². The van der Waals surface area contributed by atoms with Gasteiger partial charge < -0.3 is 10.2 Å². The van der Waals surface area contributed by atoms with Crippen LogP contribution in [0.2, 0.25) is 0 Å². The highest BCUT2D eigenvalue weighted by Crippen LogP contribution is 2.22. The standard InChI is InChI=1S/C22H28N2O4/c1-17-11-5-7-13-19(17)23(21(25)26)15-9-3-4-10-16-24(22(27)28)20-14-8-6-12-18(20)2/h5-8,11-14H,3-4,9-10,15-16H2,1-2H3,(H,25,26)(H,27,28). The van der Waals surface area contributed by atoms with Gasteiger partial charge in [0, 0.05) is 24.5 Å². The minimum absolute atomic E-state index is 0.431. The van der Waals surface area contributed by atoms with E-state index in [9.17, 15) is 19.8 Å². The average Bonchev–Trinajstić information content (AvgIpc) is 2.65. The van der Waals surface area contributed by atoms with Crippen molar-refractivity contribution in [2.75, 3.05) is 22.9 Å². The number of rotatable bonds is 9. The van der Waals surface area contributed by atoms with Crippen LogP contribution in [-0.4, -0.2) is 35.5 Å². The summed E-state index contributed by atoms with van der Waals surface area (Å²) in [5.41, 5.74) is 3.29. The Morgan fingerprint density at radius 1 is 0.679 bits per heavy atom. The Kier molecular flexibility index (Phi) is 7.87. The summed E-state index contributed by atoms with van der Waals surface area (Å²) in [6, 6.07) is 14.9. The molecule has 2 aromatic carbocycles. The van der Waals surface area contributed by atoms with E-state index >= 15 is 0 Å². The number of hydrogen-bond donors (Lipinski definition) is 2. The van der Waals surface area contributed by atoms with Gasteiger partial charge in [-0.25, -0.2) is 9.59 Å². The molecule has 0 saturated carbocycles. The quantitative estimate of drug-likeness (QED) is 0.557. The summed E-state index contributed by atoms with van der Waals surface area (Å²) < 4.78 is 0. The number of nitrogens with zero attached hydrogens (tertiary/aromatic N) is 2. The lowest BCUT2D eigenvalue weighted by molar-refractivity contribution is 0.200. The number of hydrogen-bond acceptors (Lipinski definition) is 2. The number of carbonyl (C=O) groups is 2. The van der Waals surface area contributed by atoms with Crippen LogP contribution in [0.15, 0.2) is 48.5 Å². The molecule has 2 rings (SSSR count). The van der Waals surface area contributed by atoms with E-state index in [-0.39, 0.29) is 0 Å². The maximum absolute atomic E-state index is 11.6. The fourth-order valence-corrected chi connectivity index (χ4v) is 3.26. The highest BCUT2D eigenvalue weighted by molar-refractivity contribution is 5.87. The van der Waals surface area contributed by atoms with Crippen molar-refractivity contribution in [3.05, 3.63) is 59.7 Å². The summed E-state index contributed by atoms with van der Waals surface area (Å²) in [7, 11) is 0. The van der Waals surface area contributed by atoms with E-state index in [0.717, 1.165) is 36.8 Å². The van der Waals surface area contributed by atoms with E-state index in [1.54, 1.807) is 0 Å². The van der Waals surface area contributed by atoms with Crippen LogP contribution >= 0.6 is 0 Å². The van der Waals surface area contributed by atoms with Gasteiger partial charge in [0.15, 0.2) is 0 Å². The van der Waals surface area contributed by atoms with Crippen molar-refractivity contribution in [1.82, 2.24) is 0 Å². The van der Waals surface area contributed by atoms with E-state index in [1.807, 2.05) is 62.4 Å². The van der Waals surface area contributed by atoms with Crippen molar-refractivity contribution >= 4 is 23.6 Å². The van der Waals surface area contributed by atoms with Crippen LogP contribution in [0.25, 0.3) is 0 Å². The van der Waals surface area contributed by atoms with E-state index in [1.165, 1.54) is 9.80 Å². The van der Waals surface area contributed by atoms with E-state index < -0.39 is 12.2 Å². The Morgan fingerprint density at radius 3 is 1.36 bits per heavy atom. The monoisotopic (exact) mass is 384 g/mol. The highest BCUT2D eigenvalue weighted by atomic mass is 16.4. The first-order valence-corrected chi connectivity index (χ1v) is 9.54. The van der Waals surface area contributed by atoms with Gasteiger partial charge in [0.05, 0.1) is 0 Å². The lowest BCUT2D eigenvalue weighted by atomic mass is 10.1. The molecule has 2 aromatic rings. The van der Waals surface area contributed by atoms with E-state index in [0.29, 0.717) is 24.5 Å². The maximum atomic E-state index is 11.6. The summed E-state index contributed by atoms with van der Waals surface area (Å²) in [5.74, 6) is 0. The molecule has 6 heteroatoms. The average molecular weight is 384 g/mol. The lowest BCUT2D eigenvalue weighted by Gasteiger charge is -2.22. The van der Waals surface area contributed by atoms with Crippen molar-refractivity contribution in [3.8, 4) is 0 Å². The number of carboxylic acid groups (broad SMARTS) is 2. The van der Waals surface area contributed by atoms with Gasteiger partial charge in [-0.1, -0.05) is 49.2 Å². The van der Waals surface area contributed by atoms with Crippen LogP contribution in [-0.2, 0) is 0 Å². The topological polar surface area (TPSA) is 81.1 Å². The molecule has 0 unspecified atom stereocenters. The Labute approximate surface area is 166 Å². The van der Waals surface area contributed by atoms with Gasteiger partial charge in [0.2, 0.25) is 0 Å². The molecule has 0 bridgehead atoms. The van der Waals surface area contributed by atoms with Crippen molar-refractivity contribution in [3.63, 3.8) is 0 Å². The molecule has 28 heavy (non-hydrogen) atoms. The first-order valence-electron chi connectivity index (χ1n) is 9.54. The van der Waals surface area contributed by atoms with Crippen molar-refractivity contribution in [1.29, 1.82) is 0 Å². The van der Waals surface area contributed by atoms with Gasteiger partial charge in [-0.15, -0.1) is 0 Å². The van der Waals surface area contributed by atoms with Gasteiger partial charge in [-0.05, 0) is 49.9 Å². The van der Waals surface area contributed by atoms with Crippen LogP contribution in [0, 0.1) is 13.8 Å². The van der Waals surface area contributed by atoms with Gasteiger partial charge in [0.25, 0.3) is 0 Å². The second-order valence-electron chi connectivity index (χ2n) is 6.86. The van der Waals surface area contributed by atoms with Gasteiger partial charge in [-0.3, -0.25) is 9.80 Å². The predicted molar refractivity (Wildman–Crippen MR) is 112 cm³/mol. The smallest absolute Gasteiger partial charge is 0.411 e. The van der Waals surface area contributed by atoms with Crippen LogP contribution in [0.5, 0.6) is 0 Å². The number of aryl methyl sites for hydroxylation is 2. The molecular weight excluding hydrogens is 356 g/mol. The van der Waals surface area contributed by atoms with Gasteiger partial charge >= 0.3 is 12.2 Å². The number of anilines is 2. The molecule has 0 heterocycles. The second kappa shape index (κ2) is 10.3. The molecule has 0 aliphatic heterocycles. The third kappa shape index (κ3) is 5.74. The molecule has 2 N–H and O–H groups in total. The second-order valence-corrected chi connectivity index (χ2v) is 6.86. The van der Waals surface area contributed by atoms with Gasteiger partial charge in [0.1, 0.15) is 0 Å². The highest BCUT2D eigenvalue weighted by Gasteiger charge is 2.17. The maximum Gasteiger partial charge on any atom is 0.411 e. The van der Waals surface area contributed by atoms with Crippen molar-refractivity contribution < 1.29 is 19.8 Å². The van der Waals surface area contributed by atoms with Crippen molar-refractivity contribution in [2.45, 2.75) is 39.5 Å². The fourth-order valence-electron chi connectivity index (χ4n) is 3.26. The van der Waals surface area contributed by atoms with Crippen LogP contribution in [0.1, 0.15) is 36.8 Å². The summed E-state index contributed by atoms with van der Waals surface area (Å²) in [4.78, 5) is 25.9. The first-order chi connectivity index (χ1) is 13.4. The number of para-hydroxylation sites is 2. The molecule has 0 saturated heterocycles. The molecule has 6 nitrogen and oxygen atoms in total.